The van der Waals surface area contributed by atoms with Crippen molar-refractivity contribution in [3.05, 3.63) is 0 Å². The Labute approximate surface area is 92.5 Å². The highest BCUT2D eigenvalue weighted by molar-refractivity contribution is 5.76. The molecule has 1 fully saturated rings. The first-order chi connectivity index (χ1) is 7.24. The summed E-state index contributed by atoms with van der Waals surface area (Å²) in [5, 5.41) is 9.41. The number of amides is 1. The average molecular weight is 213 g/mol. The minimum Gasteiger partial charge on any atom is -0.393 e. The number of hydrogen-bond donors (Lipinski definition) is 1. The summed E-state index contributed by atoms with van der Waals surface area (Å²) < 4.78 is 0. The van der Waals surface area contributed by atoms with E-state index in [-0.39, 0.29) is 6.10 Å². The predicted molar refractivity (Wildman–Crippen MR) is 60.6 cm³/mol. The molecule has 1 N–H and O–H groups in total. The first-order valence-electron chi connectivity index (χ1n) is 6.20. The molecule has 88 valence electrons. The SMILES string of the molecule is CCC(O)CCCN1CCCCCC1=O. The minimum atomic E-state index is -0.188. The summed E-state index contributed by atoms with van der Waals surface area (Å²) in [5.41, 5.74) is 0. The topological polar surface area (TPSA) is 40.5 Å². The van der Waals surface area contributed by atoms with E-state index in [1.807, 2.05) is 11.8 Å². The Kier molecular flexibility index (Phi) is 5.69. The summed E-state index contributed by atoms with van der Waals surface area (Å²) in [5.74, 6) is 0.304. The second kappa shape index (κ2) is 6.83. The maximum Gasteiger partial charge on any atom is 0.222 e. The molecule has 15 heavy (non-hydrogen) atoms. The van der Waals surface area contributed by atoms with Crippen LogP contribution in [-0.2, 0) is 4.79 Å². The highest BCUT2D eigenvalue weighted by atomic mass is 16.3. The maximum atomic E-state index is 11.6. The Balaban J connectivity index is 2.20. The van der Waals surface area contributed by atoms with Crippen molar-refractivity contribution in [2.45, 2.75) is 58.0 Å². The monoisotopic (exact) mass is 213 g/mol. The van der Waals surface area contributed by atoms with E-state index in [0.29, 0.717) is 5.91 Å². The molecule has 0 aromatic heterocycles. The molecule has 1 amide bonds. The first kappa shape index (κ1) is 12.5. The van der Waals surface area contributed by atoms with Gasteiger partial charge in [-0.2, -0.15) is 0 Å². The van der Waals surface area contributed by atoms with Crippen molar-refractivity contribution in [2.24, 2.45) is 0 Å². The quantitative estimate of drug-likeness (QED) is 0.758. The number of aliphatic hydroxyl groups excluding tert-OH is 1. The third-order valence-corrected chi connectivity index (χ3v) is 3.11. The molecule has 0 aromatic rings. The largest absolute Gasteiger partial charge is 0.393 e. The Morgan fingerprint density at radius 1 is 1.40 bits per heavy atom. The van der Waals surface area contributed by atoms with Crippen molar-refractivity contribution in [1.29, 1.82) is 0 Å². The van der Waals surface area contributed by atoms with Crippen LogP contribution in [0.25, 0.3) is 0 Å². The summed E-state index contributed by atoms with van der Waals surface area (Å²) in [6.45, 7) is 3.73. The van der Waals surface area contributed by atoms with Crippen LogP contribution in [0, 0.1) is 0 Å². The van der Waals surface area contributed by atoms with Crippen LogP contribution in [0.3, 0.4) is 0 Å². The molecule has 3 nitrogen and oxygen atoms in total. The molecular weight excluding hydrogens is 190 g/mol. The fourth-order valence-electron chi connectivity index (χ4n) is 2.00. The van der Waals surface area contributed by atoms with Gasteiger partial charge in [-0.15, -0.1) is 0 Å². The fourth-order valence-corrected chi connectivity index (χ4v) is 2.00. The number of carbonyl (C=O) groups is 1. The highest BCUT2D eigenvalue weighted by Crippen LogP contribution is 2.12. The van der Waals surface area contributed by atoms with Crippen molar-refractivity contribution < 1.29 is 9.90 Å². The van der Waals surface area contributed by atoms with Crippen LogP contribution in [0.4, 0.5) is 0 Å². The highest BCUT2D eigenvalue weighted by Gasteiger charge is 2.15. The van der Waals surface area contributed by atoms with Gasteiger partial charge in [-0.3, -0.25) is 4.79 Å². The van der Waals surface area contributed by atoms with Crippen molar-refractivity contribution in [1.82, 2.24) is 4.90 Å². The van der Waals surface area contributed by atoms with Gasteiger partial charge in [0.1, 0.15) is 0 Å². The zero-order valence-corrected chi connectivity index (χ0v) is 9.74. The molecule has 1 heterocycles. The Hall–Kier alpha value is -0.570. The van der Waals surface area contributed by atoms with Crippen LogP contribution >= 0.6 is 0 Å². The average Bonchev–Trinajstić information content (AvgIpc) is 2.44. The van der Waals surface area contributed by atoms with Crippen molar-refractivity contribution in [3.63, 3.8) is 0 Å². The molecular formula is C12H23NO2. The minimum absolute atomic E-state index is 0.188. The van der Waals surface area contributed by atoms with Crippen molar-refractivity contribution in [3.8, 4) is 0 Å². The van der Waals surface area contributed by atoms with Crippen LogP contribution < -0.4 is 0 Å². The summed E-state index contributed by atoms with van der Waals surface area (Å²) in [6, 6.07) is 0. The Bertz CT molecular complexity index is 194. The van der Waals surface area contributed by atoms with Gasteiger partial charge >= 0.3 is 0 Å². The third kappa shape index (κ3) is 4.65. The summed E-state index contributed by atoms with van der Waals surface area (Å²) >= 11 is 0. The molecule has 1 saturated heterocycles. The molecule has 0 spiro atoms. The molecule has 0 bridgehead atoms. The maximum absolute atomic E-state index is 11.6. The predicted octanol–water partition coefficient (Wildman–Crippen LogP) is 1.94. The molecule has 3 heteroatoms. The number of nitrogens with zero attached hydrogens (tertiary/aromatic N) is 1. The van der Waals surface area contributed by atoms with Gasteiger partial charge in [0.25, 0.3) is 0 Å². The summed E-state index contributed by atoms with van der Waals surface area (Å²) in [4.78, 5) is 13.6. The van der Waals surface area contributed by atoms with Crippen LogP contribution in [0.1, 0.15) is 51.9 Å². The first-order valence-corrected chi connectivity index (χ1v) is 6.20. The number of hydrogen-bond acceptors (Lipinski definition) is 2. The lowest BCUT2D eigenvalue weighted by molar-refractivity contribution is -0.130. The van der Waals surface area contributed by atoms with E-state index in [4.69, 9.17) is 0 Å². The smallest absolute Gasteiger partial charge is 0.222 e. The zero-order chi connectivity index (χ0) is 11.1. The molecule has 1 aliphatic heterocycles. The van der Waals surface area contributed by atoms with E-state index < -0.39 is 0 Å². The standard InChI is InChI=1S/C12H23NO2/c1-2-11(14)7-6-10-13-9-5-3-4-8-12(13)15/h11,14H,2-10H2,1H3. The molecule has 1 aliphatic rings. The van der Waals surface area contributed by atoms with E-state index >= 15 is 0 Å². The van der Waals surface area contributed by atoms with Gasteiger partial charge in [0.15, 0.2) is 0 Å². The van der Waals surface area contributed by atoms with Gasteiger partial charge in [0.05, 0.1) is 6.10 Å². The van der Waals surface area contributed by atoms with Gasteiger partial charge in [-0.1, -0.05) is 13.3 Å². The third-order valence-electron chi connectivity index (χ3n) is 3.11. The number of aliphatic hydroxyl groups is 1. The molecule has 0 radical (unpaired) electrons. The van der Waals surface area contributed by atoms with E-state index in [0.717, 1.165) is 51.6 Å². The molecule has 1 atom stereocenters. The van der Waals surface area contributed by atoms with E-state index in [1.165, 1.54) is 6.42 Å². The molecule has 1 unspecified atom stereocenters. The van der Waals surface area contributed by atoms with E-state index in [1.54, 1.807) is 0 Å². The Morgan fingerprint density at radius 2 is 2.20 bits per heavy atom. The second-order valence-corrected chi connectivity index (χ2v) is 4.40. The number of likely N-dealkylation sites (tertiary alicyclic amines) is 1. The van der Waals surface area contributed by atoms with Crippen LogP contribution in [0.5, 0.6) is 0 Å². The van der Waals surface area contributed by atoms with Crippen LogP contribution in [0.15, 0.2) is 0 Å². The van der Waals surface area contributed by atoms with Gasteiger partial charge < -0.3 is 10.0 Å². The fraction of sp³-hybridized carbons (Fsp3) is 0.917. The van der Waals surface area contributed by atoms with Crippen molar-refractivity contribution >= 4 is 5.91 Å². The lowest BCUT2D eigenvalue weighted by Crippen LogP contribution is -2.31. The normalized spacial score (nSPS) is 20.1. The zero-order valence-electron chi connectivity index (χ0n) is 9.74. The van der Waals surface area contributed by atoms with Gasteiger partial charge in [-0.05, 0) is 32.1 Å². The number of rotatable bonds is 5. The number of carbonyl (C=O) groups excluding carboxylic acids is 1. The van der Waals surface area contributed by atoms with Gasteiger partial charge in [-0.25, -0.2) is 0 Å². The van der Waals surface area contributed by atoms with E-state index in [9.17, 15) is 9.90 Å². The molecule has 0 saturated carbocycles. The Morgan fingerprint density at radius 3 is 2.93 bits per heavy atom. The molecule has 1 rings (SSSR count). The molecule has 0 aliphatic carbocycles. The van der Waals surface area contributed by atoms with E-state index in [2.05, 4.69) is 0 Å². The van der Waals surface area contributed by atoms with Gasteiger partial charge in [0, 0.05) is 19.5 Å². The lowest BCUT2D eigenvalue weighted by Gasteiger charge is -2.20. The van der Waals surface area contributed by atoms with Crippen LogP contribution in [0.2, 0.25) is 0 Å². The lowest BCUT2D eigenvalue weighted by atomic mass is 10.1. The second-order valence-electron chi connectivity index (χ2n) is 4.40. The summed E-state index contributed by atoms with van der Waals surface area (Å²) in [6.07, 6.45) is 6.47. The van der Waals surface area contributed by atoms with Crippen molar-refractivity contribution in [2.75, 3.05) is 13.1 Å². The van der Waals surface area contributed by atoms with Gasteiger partial charge in [0.2, 0.25) is 5.91 Å². The van der Waals surface area contributed by atoms with Crippen LogP contribution in [-0.4, -0.2) is 35.1 Å². The summed E-state index contributed by atoms with van der Waals surface area (Å²) in [7, 11) is 0. The molecule has 0 aromatic carbocycles.